The highest BCUT2D eigenvalue weighted by molar-refractivity contribution is 5.73. The molecule has 1 amide bonds. The lowest BCUT2D eigenvalue weighted by atomic mass is 10.1. The number of amides is 1. The molecule has 0 radical (unpaired) electrons. The third-order valence-electron chi connectivity index (χ3n) is 3.47. The number of hydrogen-bond acceptors (Lipinski definition) is 3. The van der Waals surface area contributed by atoms with Gasteiger partial charge in [0.2, 0.25) is 5.91 Å². The summed E-state index contributed by atoms with van der Waals surface area (Å²) in [6, 6.07) is 6.60. The maximum Gasteiger partial charge on any atom is 0.220 e. The van der Waals surface area contributed by atoms with Crippen molar-refractivity contribution in [2.75, 3.05) is 13.2 Å². The Morgan fingerprint density at radius 3 is 3.11 bits per heavy atom. The van der Waals surface area contributed by atoms with Crippen LogP contribution in [0.1, 0.15) is 43.4 Å². The second-order valence-corrected chi connectivity index (χ2v) is 4.93. The Kier molecular flexibility index (Phi) is 4.80. The molecule has 0 heterocycles. The maximum atomic E-state index is 10.7. The Bertz CT molecular complexity index is 446. The van der Waals surface area contributed by atoms with E-state index in [2.05, 4.69) is 18.3 Å². The number of carbonyl (C=O) groups is 1. The lowest BCUT2D eigenvalue weighted by molar-refractivity contribution is -0.118. The number of benzene rings is 1. The Labute approximate surface area is 114 Å². The van der Waals surface area contributed by atoms with Crippen molar-refractivity contribution in [3.05, 3.63) is 29.3 Å². The molecule has 1 aromatic rings. The highest BCUT2D eigenvalue weighted by Crippen LogP contribution is 2.36. The van der Waals surface area contributed by atoms with E-state index in [-0.39, 0.29) is 12.3 Å². The van der Waals surface area contributed by atoms with Crippen LogP contribution in [0.4, 0.5) is 0 Å². The molecule has 1 unspecified atom stereocenters. The van der Waals surface area contributed by atoms with Crippen molar-refractivity contribution >= 4 is 5.91 Å². The molecule has 4 heteroatoms. The average Bonchev–Trinajstić information content (AvgIpc) is 2.80. The summed E-state index contributed by atoms with van der Waals surface area (Å²) < 4.78 is 5.68. The zero-order valence-corrected chi connectivity index (χ0v) is 11.4. The fraction of sp³-hybridized carbons (Fsp3) is 0.533. The number of rotatable bonds is 7. The average molecular weight is 262 g/mol. The molecular weight excluding hydrogens is 240 g/mol. The zero-order valence-electron chi connectivity index (χ0n) is 11.4. The summed E-state index contributed by atoms with van der Waals surface area (Å²) in [6.45, 7) is 3.57. The number of primary amides is 1. The normalized spacial score (nSPS) is 17.2. The van der Waals surface area contributed by atoms with Crippen LogP contribution in [0.15, 0.2) is 18.2 Å². The minimum absolute atomic E-state index is 0.265. The van der Waals surface area contributed by atoms with E-state index in [1.54, 1.807) is 0 Å². The van der Waals surface area contributed by atoms with Gasteiger partial charge in [-0.1, -0.05) is 19.1 Å². The summed E-state index contributed by atoms with van der Waals surface area (Å²) in [5.41, 5.74) is 7.73. The van der Waals surface area contributed by atoms with Crippen LogP contribution in [-0.2, 0) is 11.2 Å². The summed E-state index contributed by atoms with van der Waals surface area (Å²) in [5, 5.41) is 3.56. The van der Waals surface area contributed by atoms with Crippen molar-refractivity contribution in [3.8, 4) is 5.75 Å². The number of ether oxygens (including phenoxy) is 1. The van der Waals surface area contributed by atoms with Crippen molar-refractivity contribution in [3.63, 3.8) is 0 Å². The molecule has 2 rings (SSSR count). The van der Waals surface area contributed by atoms with Gasteiger partial charge in [0.05, 0.1) is 13.0 Å². The van der Waals surface area contributed by atoms with Crippen molar-refractivity contribution in [1.29, 1.82) is 0 Å². The van der Waals surface area contributed by atoms with Crippen LogP contribution in [0, 0.1) is 0 Å². The van der Waals surface area contributed by atoms with Gasteiger partial charge in [-0.3, -0.25) is 4.79 Å². The van der Waals surface area contributed by atoms with E-state index in [0.29, 0.717) is 12.6 Å². The van der Waals surface area contributed by atoms with Crippen molar-refractivity contribution in [2.45, 2.75) is 38.6 Å². The molecule has 0 saturated heterocycles. The Morgan fingerprint density at radius 2 is 2.37 bits per heavy atom. The fourth-order valence-electron chi connectivity index (χ4n) is 2.55. The molecule has 1 aliphatic carbocycles. The largest absolute Gasteiger partial charge is 0.493 e. The Hall–Kier alpha value is -1.55. The third kappa shape index (κ3) is 3.47. The van der Waals surface area contributed by atoms with Gasteiger partial charge in [-0.05, 0) is 43.0 Å². The fourth-order valence-corrected chi connectivity index (χ4v) is 2.55. The molecule has 19 heavy (non-hydrogen) atoms. The van der Waals surface area contributed by atoms with Crippen LogP contribution in [0.3, 0.4) is 0 Å². The minimum Gasteiger partial charge on any atom is -0.493 e. The highest BCUT2D eigenvalue weighted by atomic mass is 16.5. The summed E-state index contributed by atoms with van der Waals surface area (Å²) in [4.78, 5) is 10.7. The van der Waals surface area contributed by atoms with Crippen molar-refractivity contribution in [2.24, 2.45) is 5.73 Å². The predicted octanol–water partition coefficient (Wildman–Crippen LogP) is 1.93. The molecule has 3 N–H and O–H groups in total. The lowest BCUT2D eigenvalue weighted by Crippen LogP contribution is -2.19. The van der Waals surface area contributed by atoms with E-state index in [1.165, 1.54) is 11.1 Å². The van der Waals surface area contributed by atoms with Gasteiger partial charge in [-0.25, -0.2) is 0 Å². The molecule has 1 atom stereocenters. The second kappa shape index (κ2) is 6.57. The smallest absolute Gasteiger partial charge is 0.220 e. The second-order valence-electron chi connectivity index (χ2n) is 4.93. The monoisotopic (exact) mass is 262 g/mol. The van der Waals surface area contributed by atoms with Crippen LogP contribution in [0.5, 0.6) is 5.75 Å². The van der Waals surface area contributed by atoms with Gasteiger partial charge in [-0.15, -0.1) is 0 Å². The standard InChI is InChI=1S/C15H22N2O2/c1-2-9-17-13-7-6-12-11(13)4-3-5-14(12)19-10-8-15(16)18/h3-5,13,17H,2,6-10H2,1H3,(H2,16,18). The SMILES string of the molecule is CCCNC1CCc2c(OCCC(N)=O)cccc21. The summed E-state index contributed by atoms with van der Waals surface area (Å²) in [7, 11) is 0. The molecule has 0 fully saturated rings. The third-order valence-corrected chi connectivity index (χ3v) is 3.47. The highest BCUT2D eigenvalue weighted by Gasteiger charge is 2.24. The van der Waals surface area contributed by atoms with Gasteiger partial charge in [-0.2, -0.15) is 0 Å². The molecule has 1 aliphatic rings. The molecule has 0 spiro atoms. The molecule has 0 saturated carbocycles. The first-order chi connectivity index (χ1) is 9.22. The minimum atomic E-state index is -0.324. The van der Waals surface area contributed by atoms with Crippen LogP contribution in [0.2, 0.25) is 0 Å². The van der Waals surface area contributed by atoms with Crippen LogP contribution < -0.4 is 15.8 Å². The Morgan fingerprint density at radius 1 is 1.53 bits per heavy atom. The molecule has 4 nitrogen and oxygen atoms in total. The van der Waals surface area contributed by atoms with E-state index >= 15 is 0 Å². The van der Waals surface area contributed by atoms with Gasteiger partial charge in [0.1, 0.15) is 5.75 Å². The predicted molar refractivity (Wildman–Crippen MR) is 75.1 cm³/mol. The van der Waals surface area contributed by atoms with Gasteiger partial charge >= 0.3 is 0 Å². The molecule has 104 valence electrons. The zero-order chi connectivity index (χ0) is 13.7. The molecular formula is C15H22N2O2. The molecule has 0 aromatic heterocycles. The van der Waals surface area contributed by atoms with Crippen molar-refractivity contribution in [1.82, 2.24) is 5.32 Å². The van der Waals surface area contributed by atoms with E-state index in [1.807, 2.05) is 12.1 Å². The van der Waals surface area contributed by atoms with E-state index in [0.717, 1.165) is 31.6 Å². The summed E-state index contributed by atoms with van der Waals surface area (Å²) in [5.74, 6) is 0.578. The maximum absolute atomic E-state index is 10.7. The summed E-state index contributed by atoms with van der Waals surface area (Å²) in [6.07, 6.45) is 3.55. The quantitative estimate of drug-likeness (QED) is 0.789. The lowest BCUT2D eigenvalue weighted by Gasteiger charge is -2.14. The first-order valence-electron chi connectivity index (χ1n) is 6.98. The Balaban J connectivity index is 2.03. The van der Waals surface area contributed by atoms with Crippen LogP contribution in [-0.4, -0.2) is 19.1 Å². The van der Waals surface area contributed by atoms with Gasteiger partial charge in [0, 0.05) is 6.04 Å². The molecule has 0 aliphatic heterocycles. The summed E-state index contributed by atoms with van der Waals surface area (Å²) >= 11 is 0. The van der Waals surface area contributed by atoms with E-state index < -0.39 is 0 Å². The molecule has 1 aromatic carbocycles. The first-order valence-corrected chi connectivity index (χ1v) is 6.98. The van der Waals surface area contributed by atoms with Crippen molar-refractivity contribution < 1.29 is 9.53 Å². The van der Waals surface area contributed by atoms with Gasteiger partial charge < -0.3 is 15.8 Å². The topological polar surface area (TPSA) is 64.3 Å². The number of nitrogens with two attached hydrogens (primary N) is 1. The van der Waals surface area contributed by atoms with Crippen LogP contribution in [0.25, 0.3) is 0 Å². The van der Waals surface area contributed by atoms with Gasteiger partial charge in [0.15, 0.2) is 0 Å². The number of carbonyl (C=O) groups excluding carboxylic acids is 1. The number of fused-ring (bicyclic) bond motifs is 1. The van der Waals surface area contributed by atoms with Crippen LogP contribution >= 0.6 is 0 Å². The van der Waals surface area contributed by atoms with E-state index in [9.17, 15) is 4.79 Å². The number of hydrogen-bond donors (Lipinski definition) is 2. The molecule has 0 bridgehead atoms. The first kappa shape index (κ1) is 13.9. The van der Waals surface area contributed by atoms with Gasteiger partial charge in [0.25, 0.3) is 0 Å². The van der Waals surface area contributed by atoms with E-state index in [4.69, 9.17) is 10.5 Å². The number of nitrogens with one attached hydrogen (secondary N) is 1.